The molecule has 1 heterocycles. The third-order valence-electron chi connectivity index (χ3n) is 3.53. The molecule has 2 N–H and O–H groups in total. The van der Waals surface area contributed by atoms with Gasteiger partial charge in [-0.05, 0) is 19.9 Å². The summed E-state index contributed by atoms with van der Waals surface area (Å²) in [6, 6.07) is 2.72. The first-order valence-electron chi connectivity index (χ1n) is 7.27. The van der Waals surface area contributed by atoms with Crippen molar-refractivity contribution in [2.45, 2.75) is 26.0 Å². The van der Waals surface area contributed by atoms with Gasteiger partial charge in [0.1, 0.15) is 17.2 Å². The topological polar surface area (TPSA) is 84.2 Å². The predicted molar refractivity (Wildman–Crippen MR) is 81.2 cm³/mol. The van der Waals surface area contributed by atoms with E-state index < -0.39 is 35.5 Å². The molecule has 0 saturated carbocycles. The molecule has 0 radical (unpaired) electrons. The summed E-state index contributed by atoms with van der Waals surface area (Å²) >= 11 is 0. The van der Waals surface area contributed by atoms with Crippen molar-refractivity contribution in [3.63, 3.8) is 0 Å². The third kappa shape index (κ3) is 3.83. The summed E-state index contributed by atoms with van der Waals surface area (Å²) in [5.41, 5.74) is -1.88. The number of aliphatic hydroxyl groups is 1. The van der Waals surface area contributed by atoms with E-state index in [1.807, 2.05) is 6.92 Å². The monoisotopic (exact) mass is 337 g/mol. The Morgan fingerprint density at radius 3 is 2.67 bits per heavy atom. The highest BCUT2D eigenvalue weighted by Crippen LogP contribution is 2.23. The molecule has 6 nitrogen and oxygen atoms in total. The van der Waals surface area contributed by atoms with Crippen LogP contribution in [0.2, 0.25) is 0 Å². The predicted octanol–water partition coefficient (Wildman–Crippen LogP) is 1.39. The van der Waals surface area contributed by atoms with Gasteiger partial charge in [-0.2, -0.15) is 5.10 Å². The van der Waals surface area contributed by atoms with Crippen LogP contribution in [0.25, 0.3) is 0 Å². The number of aromatic nitrogens is 2. The highest BCUT2D eigenvalue weighted by molar-refractivity contribution is 6.42. The molecule has 1 aromatic carbocycles. The molecule has 0 aliphatic carbocycles. The lowest BCUT2D eigenvalue weighted by molar-refractivity contribution is -0.118. The smallest absolute Gasteiger partial charge is 0.292 e. The number of Topliss-reactive ketones (excluding diaryl/α,β-unsaturated/α-hetero) is 1. The fourth-order valence-electron chi connectivity index (χ4n) is 2.14. The van der Waals surface area contributed by atoms with E-state index in [1.54, 1.807) is 0 Å². The number of hydrogen-bond acceptors (Lipinski definition) is 4. The summed E-state index contributed by atoms with van der Waals surface area (Å²) in [4.78, 5) is 23.9. The normalized spacial score (nSPS) is 13.4. The first kappa shape index (κ1) is 17.7. The molecule has 2 aromatic rings. The first-order valence-corrected chi connectivity index (χ1v) is 7.27. The van der Waals surface area contributed by atoms with E-state index in [0.29, 0.717) is 12.6 Å². The number of benzene rings is 1. The molecule has 128 valence electrons. The maximum absolute atomic E-state index is 13.7. The molecular weight excluding hydrogens is 320 g/mol. The molecule has 1 atom stereocenters. The van der Waals surface area contributed by atoms with Gasteiger partial charge in [0, 0.05) is 24.4 Å². The van der Waals surface area contributed by atoms with E-state index in [0.717, 1.165) is 12.1 Å². The summed E-state index contributed by atoms with van der Waals surface area (Å²) < 4.78 is 28.2. The van der Waals surface area contributed by atoms with Crippen LogP contribution in [0.15, 0.2) is 30.6 Å². The quantitative estimate of drug-likeness (QED) is 0.616. The van der Waals surface area contributed by atoms with Gasteiger partial charge in [-0.15, -0.1) is 0 Å². The van der Waals surface area contributed by atoms with E-state index in [1.165, 1.54) is 24.0 Å². The average Bonchev–Trinajstić information content (AvgIpc) is 3.00. The van der Waals surface area contributed by atoms with Crippen molar-refractivity contribution in [1.82, 2.24) is 15.1 Å². The van der Waals surface area contributed by atoms with Crippen LogP contribution < -0.4 is 5.32 Å². The number of aryl methyl sites for hydroxylation is 1. The van der Waals surface area contributed by atoms with Crippen LogP contribution in [-0.4, -0.2) is 33.1 Å². The van der Waals surface area contributed by atoms with Gasteiger partial charge in [0.25, 0.3) is 11.7 Å². The first-order chi connectivity index (χ1) is 11.2. The minimum Gasteiger partial charge on any atom is -0.383 e. The van der Waals surface area contributed by atoms with Crippen LogP contribution in [0, 0.1) is 11.6 Å². The highest BCUT2D eigenvalue weighted by Gasteiger charge is 2.29. The maximum atomic E-state index is 13.7. The Hall–Kier alpha value is -2.61. The number of rotatable bonds is 6. The number of ketones is 1. The fourth-order valence-corrected chi connectivity index (χ4v) is 2.14. The molecule has 1 aromatic heterocycles. The van der Waals surface area contributed by atoms with Gasteiger partial charge >= 0.3 is 0 Å². The SMILES string of the molecule is CCn1cc(C(=O)C(=O)NCC(C)(O)c2ccc(F)cc2F)cn1. The zero-order valence-electron chi connectivity index (χ0n) is 13.2. The number of hydrogen-bond donors (Lipinski definition) is 2. The summed E-state index contributed by atoms with van der Waals surface area (Å²) in [5.74, 6) is -3.48. The van der Waals surface area contributed by atoms with Gasteiger partial charge < -0.3 is 10.4 Å². The van der Waals surface area contributed by atoms with Crippen molar-refractivity contribution in [3.05, 3.63) is 53.4 Å². The maximum Gasteiger partial charge on any atom is 0.292 e. The van der Waals surface area contributed by atoms with E-state index >= 15 is 0 Å². The molecule has 1 amide bonds. The van der Waals surface area contributed by atoms with E-state index in [4.69, 9.17) is 0 Å². The van der Waals surface area contributed by atoms with Crippen LogP contribution in [0.4, 0.5) is 8.78 Å². The molecule has 0 aliphatic heterocycles. The van der Waals surface area contributed by atoms with Gasteiger partial charge in [-0.25, -0.2) is 8.78 Å². The Labute approximate surface area is 137 Å². The number of nitrogens with zero attached hydrogens (tertiary/aromatic N) is 2. The van der Waals surface area contributed by atoms with Crippen LogP contribution in [0.1, 0.15) is 29.8 Å². The summed E-state index contributed by atoms with van der Waals surface area (Å²) in [5, 5.41) is 16.4. The summed E-state index contributed by atoms with van der Waals surface area (Å²) in [6.45, 7) is 3.22. The van der Waals surface area contributed by atoms with Crippen molar-refractivity contribution in [2.75, 3.05) is 6.54 Å². The molecule has 2 rings (SSSR count). The van der Waals surface area contributed by atoms with Gasteiger partial charge in [0.05, 0.1) is 18.3 Å². The standard InChI is InChI=1S/C16H17F2N3O3/c1-3-21-8-10(7-20-21)14(22)15(23)19-9-16(2,24)12-5-4-11(17)6-13(12)18/h4-8,24H,3,9H2,1-2H3,(H,19,23). The van der Waals surface area contributed by atoms with Crippen molar-refractivity contribution in [3.8, 4) is 0 Å². The summed E-state index contributed by atoms with van der Waals surface area (Å²) in [7, 11) is 0. The minimum absolute atomic E-state index is 0.113. The van der Waals surface area contributed by atoms with Gasteiger partial charge in [-0.3, -0.25) is 14.3 Å². The number of halogens is 2. The fraction of sp³-hybridized carbons (Fsp3) is 0.312. The van der Waals surface area contributed by atoms with Crippen LogP contribution in [0.5, 0.6) is 0 Å². The Balaban J connectivity index is 2.05. The second kappa shape index (κ2) is 6.88. The second-order valence-electron chi connectivity index (χ2n) is 5.49. The molecule has 0 fully saturated rings. The lowest BCUT2D eigenvalue weighted by Gasteiger charge is -2.24. The van der Waals surface area contributed by atoms with Crippen molar-refractivity contribution >= 4 is 11.7 Å². The molecule has 0 saturated heterocycles. The second-order valence-corrected chi connectivity index (χ2v) is 5.49. The van der Waals surface area contributed by atoms with Gasteiger partial charge in [0.2, 0.25) is 0 Å². The Kier molecular flexibility index (Phi) is 5.08. The Morgan fingerprint density at radius 1 is 1.38 bits per heavy atom. The van der Waals surface area contributed by atoms with Crippen molar-refractivity contribution < 1.29 is 23.5 Å². The lowest BCUT2D eigenvalue weighted by atomic mass is 9.95. The van der Waals surface area contributed by atoms with E-state index in [2.05, 4.69) is 10.4 Å². The minimum atomic E-state index is -1.80. The number of carbonyl (C=O) groups is 2. The zero-order chi connectivity index (χ0) is 17.9. The zero-order valence-corrected chi connectivity index (χ0v) is 13.2. The lowest BCUT2D eigenvalue weighted by Crippen LogP contribution is -2.41. The Morgan fingerprint density at radius 2 is 2.08 bits per heavy atom. The summed E-state index contributed by atoms with van der Waals surface area (Å²) in [6.07, 6.45) is 2.70. The number of amides is 1. The Bertz CT molecular complexity index is 772. The van der Waals surface area contributed by atoms with Gasteiger partial charge in [-0.1, -0.05) is 6.07 Å². The number of nitrogens with one attached hydrogen (secondary N) is 1. The molecule has 0 spiro atoms. The van der Waals surface area contributed by atoms with Crippen LogP contribution in [0.3, 0.4) is 0 Å². The molecule has 8 heteroatoms. The molecule has 0 aliphatic rings. The van der Waals surface area contributed by atoms with Crippen LogP contribution in [-0.2, 0) is 16.9 Å². The average molecular weight is 337 g/mol. The van der Waals surface area contributed by atoms with E-state index in [9.17, 15) is 23.5 Å². The van der Waals surface area contributed by atoms with Crippen molar-refractivity contribution in [2.24, 2.45) is 0 Å². The molecular formula is C16H17F2N3O3. The van der Waals surface area contributed by atoms with E-state index in [-0.39, 0.29) is 11.1 Å². The molecule has 1 unspecified atom stereocenters. The largest absolute Gasteiger partial charge is 0.383 e. The van der Waals surface area contributed by atoms with Crippen molar-refractivity contribution in [1.29, 1.82) is 0 Å². The molecule has 24 heavy (non-hydrogen) atoms. The van der Waals surface area contributed by atoms with Crippen LogP contribution >= 0.6 is 0 Å². The highest BCUT2D eigenvalue weighted by atomic mass is 19.1. The third-order valence-corrected chi connectivity index (χ3v) is 3.53. The number of carbonyl (C=O) groups excluding carboxylic acids is 2. The molecule has 0 bridgehead atoms. The van der Waals surface area contributed by atoms with Gasteiger partial charge in [0.15, 0.2) is 0 Å².